The maximum absolute atomic E-state index is 13.1. The Labute approximate surface area is 147 Å². The zero-order valence-electron chi connectivity index (χ0n) is 13.8. The number of carbonyl (C=O) groups is 1. The van der Waals surface area contributed by atoms with Crippen LogP contribution in [0.4, 0.5) is 0 Å². The van der Waals surface area contributed by atoms with Crippen LogP contribution in [0.1, 0.15) is 30.4 Å². The van der Waals surface area contributed by atoms with Crippen LogP contribution in [0.25, 0.3) is 0 Å². The van der Waals surface area contributed by atoms with Gasteiger partial charge >= 0.3 is 5.97 Å². The molecule has 0 amide bonds. The minimum absolute atomic E-state index is 0.0805. The lowest BCUT2D eigenvalue weighted by atomic mass is 10.1. The van der Waals surface area contributed by atoms with E-state index in [2.05, 4.69) is 0 Å². The third-order valence-electron chi connectivity index (χ3n) is 4.15. The van der Waals surface area contributed by atoms with Crippen LogP contribution >= 0.6 is 11.6 Å². The monoisotopic (exact) mass is 375 g/mol. The van der Waals surface area contributed by atoms with E-state index in [0.29, 0.717) is 29.1 Å². The summed E-state index contributed by atoms with van der Waals surface area (Å²) in [5.41, 5.74) is 1.30. The van der Waals surface area contributed by atoms with Crippen LogP contribution in [0.2, 0.25) is 5.02 Å². The quantitative estimate of drug-likeness (QED) is 0.826. The number of piperidine rings is 1. The van der Waals surface area contributed by atoms with Crippen LogP contribution in [0.5, 0.6) is 0 Å². The van der Waals surface area contributed by atoms with Gasteiger partial charge < -0.3 is 9.84 Å². The van der Waals surface area contributed by atoms with E-state index in [4.69, 9.17) is 21.4 Å². The molecule has 2 rings (SSSR count). The van der Waals surface area contributed by atoms with E-state index in [1.807, 2.05) is 0 Å². The van der Waals surface area contributed by atoms with Gasteiger partial charge in [-0.2, -0.15) is 4.31 Å². The Morgan fingerprint density at radius 3 is 2.71 bits per heavy atom. The molecule has 1 aromatic rings. The molecule has 1 aliphatic rings. The van der Waals surface area contributed by atoms with Gasteiger partial charge in [-0.1, -0.05) is 18.0 Å². The highest BCUT2D eigenvalue weighted by Crippen LogP contribution is 2.30. The number of carboxylic acids is 1. The van der Waals surface area contributed by atoms with Crippen molar-refractivity contribution in [1.82, 2.24) is 4.31 Å². The van der Waals surface area contributed by atoms with Crippen LogP contribution < -0.4 is 0 Å². The fraction of sp³-hybridized carbons (Fsp3) is 0.562. The summed E-state index contributed by atoms with van der Waals surface area (Å²) in [7, 11) is -3.68. The highest BCUT2D eigenvalue weighted by atomic mass is 35.5. The standard InChI is InChI=1S/C16H22ClNO5S/c1-11-8-15(12(2)7-14(11)17)24(21,22)18-6-4-3-5-13(18)9-23-10-16(19)20/h7-8,13H,3-6,9-10H2,1-2H3,(H,19,20). The van der Waals surface area contributed by atoms with E-state index in [1.54, 1.807) is 26.0 Å². The predicted molar refractivity (Wildman–Crippen MR) is 90.9 cm³/mol. The molecule has 1 heterocycles. The van der Waals surface area contributed by atoms with E-state index in [0.717, 1.165) is 12.8 Å². The summed E-state index contributed by atoms with van der Waals surface area (Å²) in [6.07, 6.45) is 2.33. The van der Waals surface area contributed by atoms with Crippen LogP contribution in [0.3, 0.4) is 0 Å². The number of sulfonamides is 1. The molecule has 0 saturated carbocycles. The molecule has 1 atom stereocenters. The molecule has 1 aromatic carbocycles. The van der Waals surface area contributed by atoms with E-state index >= 15 is 0 Å². The molecular weight excluding hydrogens is 354 g/mol. The second-order valence-electron chi connectivity index (χ2n) is 6.04. The molecule has 0 radical (unpaired) electrons. The van der Waals surface area contributed by atoms with Gasteiger partial charge in [0, 0.05) is 17.6 Å². The maximum Gasteiger partial charge on any atom is 0.329 e. The molecule has 0 aliphatic carbocycles. The summed E-state index contributed by atoms with van der Waals surface area (Å²) in [5.74, 6) is -1.07. The Morgan fingerprint density at radius 2 is 2.04 bits per heavy atom. The minimum Gasteiger partial charge on any atom is -0.480 e. The van der Waals surface area contributed by atoms with Crippen molar-refractivity contribution in [2.75, 3.05) is 19.8 Å². The maximum atomic E-state index is 13.1. The average molecular weight is 376 g/mol. The number of nitrogens with zero attached hydrogens (tertiary/aromatic N) is 1. The predicted octanol–water partition coefficient (Wildman–Crippen LogP) is 2.60. The van der Waals surface area contributed by atoms with Gasteiger partial charge in [0.2, 0.25) is 10.0 Å². The van der Waals surface area contributed by atoms with E-state index in [1.165, 1.54) is 4.31 Å². The lowest BCUT2D eigenvalue weighted by Crippen LogP contribution is -2.46. The highest BCUT2D eigenvalue weighted by molar-refractivity contribution is 7.89. The third kappa shape index (κ3) is 4.27. The topological polar surface area (TPSA) is 83.9 Å². The van der Waals surface area contributed by atoms with Crippen molar-refractivity contribution in [3.05, 3.63) is 28.3 Å². The first-order valence-corrected chi connectivity index (χ1v) is 9.63. The van der Waals surface area contributed by atoms with Gasteiger partial charge in [-0.15, -0.1) is 0 Å². The number of carboxylic acid groups (broad SMARTS) is 1. The molecular formula is C16H22ClNO5S. The van der Waals surface area contributed by atoms with E-state index in [-0.39, 0.29) is 17.5 Å². The molecule has 0 aromatic heterocycles. The minimum atomic E-state index is -3.68. The number of benzene rings is 1. The van der Waals surface area contributed by atoms with Crippen molar-refractivity contribution in [3.63, 3.8) is 0 Å². The zero-order valence-corrected chi connectivity index (χ0v) is 15.4. The van der Waals surface area contributed by atoms with Crippen molar-refractivity contribution in [2.45, 2.75) is 44.0 Å². The summed E-state index contributed by atoms with van der Waals surface area (Å²) < 4.78 is 32.8. The first kappa shape index (κ1) is 19.2. The Morgan fingerprint density at radius 1 is 1.33 bits per heavy atom. The number of aliphatic carboxylic acids is 1. The van der Waals surface area contributed by atoms with Gasteiger partial charge in [0.15, 0.2) is 0 Å². The summed E-state index contributed by atoms with van der Waals surface area (Å²) in [6.45, 7) is 3.55. The SMILES string of the molecule is Cc1cc(S(=O)(=O)N2CCCCC2COCC(=O)O)c(C)cc1Cl. The Bertz CT molecular complexity index is 719. The third-order valence-corrected chi connectivity index (χ3v) is 6.65. The van der Waals surface area contributed by atoms with Crippen molar-refractivity contribution in [1.29, 1.82) is 0 Å². The largest absolute Gasteiger partial charge is 0.480 e. The lowest BCUT2D eigenvalue weighted by molar-refractivity contribution is -0.142. The first-order valence-electron chi connectivity index (χ1n) is 7.81. The fourth-order valence-corrected chi connectivity index (χ4v) is 5.09. The lowest BCUT2D eigenvalue weighted by Gasteiger charge is -2.34. The Kier molecular flexibility index (Phi) is 6.25. The summed E-state index contributed by atoms with van der Waals surface area (Å²) in [5, 5.41) is 9.20. The number of hydrogen-bond acceptors (Lipinski definition) is 4. The Hall–Kier alpha value is -1.15. The van der Waals surface area contributed by atoms with E-state index < -0.39 is 22.6 Å². The number of halogens is 1. The van der Waals surface area contributed by atoms with Crippen LogP contribution in [0, 0.1) is 13.8 Å². The molecule has 0 spiro atoms. The molecule has 1 saturated heterocycles. The van der Waals surface area contributed by atoms with Crippen molar-refractivity contribution in [3.8, 4) is 0 Å². The molecule has 6 nitrogen and oxygen atoms in total. The number of rotatable bonds is 6. The van der Waals surface area contributed by atoms with Gasteiger partial charge in [-0.05, 0) is 49.9 Å². The molecule has 1 unspecified atom stereocenters. The fourth-order valence-electron chi connectivity index (χ4n) is 2.90. The van der Waals surface area contributed by atoms with Crippen molar-refractivity contribution >= 4 is 27.6 Å². The van der Waals surface area contributed by atoms with Gasteiger partial charge in [-0.3, -0.25) is 0 Å². The summed E-state index contributed by atoms with van der Waals surface area (Å²) in [4.78, 5) is 10.8. The molecule has 1 N–H and O–H groups in total. The summed E-state index contributed by atoms with van der Waals surface area (Å²) >= 11 is 6.06. The smallest absolute Gasteiger partial charge is 0.329 e. The van der Waals surface area contributed by atoms with E-state index in [9.17, 15) is 13.2 Å². The van der Waals surface area contributed by atoms with Gasteiger partial charge in [0.05, 0.1) is 11.5 Å². The van der Waals surface area contributed by atoms with Crippen LogP contribution in [0.15, 0.2) is 17.0 Å². The molecule has 1 fully saturated rings. The molecule has 8 heteroatoms. The first-order chi connectivity index (χ1) is 11.2. The van der Waals surface area contributed by atoms with Crippen molar-refractivity contribution < 1.29 is 23.1 Å². The van der Waals surface area contributed by atoms with Gasteiger partial charge in [0.1, 0.15) is 6.61 Å². The van der Waals surface area contributed by atoms with Gasteiger partial charge in [0.25, 0.3) is 0 Å². The molecule has 0 bridgehead atoms. The summed E-state index contributed by atoms with van der Waals surface area (Å²) in [6, 6.07) is 2.90. The van der Waals surface area contributed by atoms with Crippen LogP contribution in [-0.4, -0.2) is 49.6 Å². The van der Waals surface area contributed by atoms with Crippen LogP contribution in [-0.2, 0) is 19.6 Å². The van der Waals surface area contributed by atoms with Gasteiger partial charge in [-0.25, -0.2) is 13.2 Å². The molecule has 134 valence electrons. The molecule has 1 aliphatic heterocycles. The second-order valence-corrected chi connectivity index (χ2v) is 8.31. The normalized spacial score (nSPS) is 19.4. The number of ether oxygens (including phenoxy) is 1. The number of hydrogen-bond donors (Lipinski definition) is 1. The van der Waals surface area contributed by atoms with Crippen molar-refractivity contribution in [2.24, 2.45) is 0 Å². The average Bonchev–Trinajstić information content (AvgIpc) is 2.50. The number of aryl methyl sites for hydroxylation is 2. The molecule has 24 heavy (non-hydrogen) atoms. The Balaban J connectivity index is 2.28. The zero-order chi connectivity index (χ0) is 17.9. The second kappa shape index (κ2) is 7.82. The highest BCUT2D eigenvalue weighted by Gasteiger charge is 2.34.